The Hall–Kier alpha value is -3.14. The molecule has 1 saturated heterocycles. The number of aromatic nitrogens is 3. The summed E-state index contributed by atoms with van der Waals surface area (Å²) in [6.45, 7) is 8.93. The van der Waals surface area contributed by atoms with Crippen LogP contribution in [0.2, 0.25) is 12.6 Å². The molecule has 0 spiro atoms. The van der Waals surface area contributed by atoms with E-state index in [1.807, 2.05) is 55.4 Å². The predicted octanol–water partition coefficient (Wildman–Crippen LogP) is 4.76. The lowest BCUT2D eigenvalue weighted by atomic mass is 9.42. The number of nitrogens with zero attached hydrogens (tertiary/aromatic N) is 5. The number of hydrogen-bond acceptors (Lipinski definition) is 4. The second-order valence-electron chi connectivity index (χ2n) is 8.62. The van der Waals surface area contributed by atoms with Crippen molar-refractivity contribution in [3.63, 3.8) is 0 Å². The summed E-state index contributed by atoms with van der Waals surface area (Å²) in [5, 5.41) is 13.9. The molecule has 7 heteroatoms. The molecule has 32 heavy (non-hydrogen) atoms. The maximum absolute atomic E-state index is 13.2. The van der Waals surface area contributed by atoms with Crippen LogP contribution in [0, 0.1) is 25.1 Å². The molecule has 1 aromatic carbocycles. The maximum atomic E-state index is 13.2. The summed E-state index contributed by atoms with van der Waals surface area (Å²) < 4.78 is 1.84. The lowest BCUT2D eigenvalue weighted by Gasteiger charge is -2.38. The normalized spacial score (nSPS) is 16.4. The molecule has 2 aromatic heterocycles. The highest BCUT2D eigenvalue weighted by Crippen LogP contribution is 2.31. The van der Waals surface area contributed by atoms with Gasteiger partial charge in [0.15, 0.2) is 5.65 Å². The Balaban J connectivity index is 0.00000119. The second kappa shape index (κ2) is 9.16. The SMILES string of the molecule is CC.Cc1cn2nc(-c3ccc4c(c3)CCN(C3CCB(C#N)CC3)C4=O)cc(C)c2n1. The first kappa shape index (κ1) is 22.1. The number of imidazole rings is 1. The van der Waals surface area contributed by atoms with Gasteiger partial charge in [0.1, 0.15) is 0 Å². The Morgan fingerprint density at radius 3 is 2.62 bits per heavy atom. The summed E-state index contributed by atoms with van der Waals surface area (Å²) in [6, 6.07) is 8.42. The lowest BCUT2D eigenvalue weighted by molar-refractivity contribution is 0.0645. The fourth-order valence-corrected chi connectivity index (χ4v) is 4.92. The molecule has 1 fully saturated rings. The minimum atomic E-state index is 0.132. The molecule has 164 valence electrons. The Bertz CT molecular complexity index is 1190. The highest BCUT2D eigenvalue weighted by atomic mass is 16.2. The highest BCUT2D eigenvalue weighted by Gasteiger charge is 2.34. The van der Waals surface area contributed by atoms with E-state index >= 15 is 0 Å². The van der Waals surface area contributed by atoms with Crippen LogP contribution in [-0.2, 0) is 6.42 Å². The van der Waals surface area contributed by atoms with Gasteiger partial charge in [0.2, 0.25) is 0 Å². The van der Waals surface area contributed by atoms with Crippen molar-refractivity contribution in [2.45, 2.75) is 65.6 Å². The molecule has 0 radical (unpaired) electrons. The van der Waals surface area contributed by atoms with Crippen LogP contribution < -0.4 is 0 Å². The number of benzene rings is 1. The van der Waals surface area contributed by atoms with Crippen molar-refractivity contribution in [1.29, 1.82) is 5.26 Å². The van der Waals surface area contributed by atoms with Gasteiger partial charge in [-0.2, -0.15) is 5.10 Å². The fourth-order valence-electron chi connectivity index (χ4n) is 4.92. The van der Waals surface area contributed by atoms with Crippen molar-refractivity contribution in [2.75, 3.05) is 6.54 Å². The summed E-state index contributed by atoms with van der Waals surface area (Å²) in [6.07, 6.45) is 6.47. The number of aryl methyl sites for hydroxylation is 2. The first-order valence-corrected chi connectivity index (χ1v) is 11.7. The van der Waals surface area contributed by atoms with Gasteiger partial charge < -0.3 is 4.90 Å². The van der Waals surface area contributed by atoms with E-state index in [0.717, 1.165) is 77.7 Å². The topological polar surface area (TPSA) is 74.3 Å². The Labute approximate surface area is 190 Å². The second-order valence-corrected chi connectivity index (χ2v) is 8.62. The standard InChI is InChI=1S/C23H24BN5O.C2H6/c1-15-11-21(27-29-13-16(2)26-22(15)29)18-3-4-20-17(12-18)7-10-28(23(20)30)19-5-8-24(14-25)9-6-19;1-2/h3-4,11-13,19H,5-10H2,1-2H3;1-2H3. The minimum Gasteiger partial charge on any atom is -0.335 e. The molecule has 0 aliphatic carbocycles. The van der Waals surface area contributed by atoms with Gasteiger partial charge >= 0.3 is 0 Å². The third-order valence-corrected chi connectivity index (χ3v) is 6.56. The number of nitriles is 1. The molecule has 6 nitrogen and oxygen atoms in total. The zero-order chi connectivity index (χ0) is 22.8. The van der Waals surface area contributed by atoms with Crippen molar-refractivity contribution < 1.29 is 4.79 Å². The van der Waals surface area contributed by atoms with E-state index in [-0.39, 0.29) is 18.7 Å². The molecule has 0 unspecified atom stereocenters. The van der Waals surface area contributed by atoms with Crippen LogP contribution in [0.15, 0.2) is 30.5 Å². The molecule has 2 aliphatic heterocycles. The minimum absolute atomic E-state index is 0.132. The summed E-state index contributed by atoms with van der Waals surface area (Å²) >= 11 is 0. The molecule has 0 atom stereocenters. The molecule has 0 bridgehead atoms. The molecule has 0 N–H and O–H groups in total. The fraction of sp³-hybridized carbons (Fsp3) is 0.440. The monoisotopic (exact) mass is 427 g/mol. The average molecular weight is 427 g/mol. The van der Waals surface area contributed by atoms with Gasteiger partial charge in [0, 0.05) is 29.7 Å². The Morgan fingerprint density at radius 1 is 1.16 bits per heavy atom. The van der Waals surface area contributed by atoms with Gasteiger partial charge in [0.05, 0.1) is 17.6 Å². The molecule has 4 heterocycles. The van der Waals surface area contributed by atoms with E-state index in [9.17, 15) is 4.79 Å². The largest absolute Gasteiger partial charge is 0.335 e. The van der Waals surface area contributed by atoms with E-state index < -0.39 is 0 Å². The zero-order valence-electron chi connectivity index (χ0n) is 19.4. The summed E-state index contributed by atoms with van der Waals surface area (Å²) in [5.41, 5.74) is 6.74. The van der Waals surface area contributed by atoms with Crippen LogP contribution in [0.1, 0.15) is 53.9 Å². The van der Waals surface area contributed by atoms with Crippen LogP contribution >= 0.6 is 0 Å². The van der Waals surface area contributed by atoms with Crippen LogP contribution in [0.4, 0.5) is 0 Å². The zero-order valence-corrected chi connectivity index (χ0v) is 19.4. The summed E-state index contributed by atoms with van der Waals surface area (Å²) in [7, 11) is 0. The summed E-state index contributed by atoms with van der Waals surface area (Å²) in [5.74, 6) is 2.51. The average Bonchev–Trinajstić information content (AvgIpc) is 3.21. The summed E-state index contributed by atoms with van der Waals surface area (Å²) in [4.78, 5) is 19.7. The maximum Gasteiger partial charge on any atom is 0.268 e. The first-order valence-electron chi connectivity index (χ1n) is 11.7. The molecular formula is C25H30BN5O. The van der Waals surface area contributed by atoms with Gasteiger partial charge in [-0.25, -0.2) is 14.8 Å². The predicted molar refractivity (Wildman–Crippen MR) is 128 cm³/mol. The van der Waals surface area contributed by atoms with Crippen molar-refractivity contribution in [1.82, 2.24) is 19.5 Å². The van der Waals surface area contributed by atoms with Crippen molar-refractivity contribution in [2.24, 2.45) is 0 Å². The first-order chi connectivity index (χ1) is 15.5. The lowest BCUT2D eigenvalue weighted by Crippen LogP contribution is -2.46. The molecule has 0 saturated carbocycles. The number of carbonyl (C=O) groups is 1. The highest BCUT2D eigenvalue weighted by molar-refractivity contribution is 6.67. The number of hydrogen-bond donors (Lipinski definition) is 0. The quantitative estimate of drug-likeness (QED) is 0.553. The van der Waals surface area contributed by atoms with Gasteiger partial charge in [0.25, 0.3) is 12.6 Å². The molecular weight excluding hydrogens is 397 g/mol. The van der Waals surface area contributed by atoms with Crippen molar-refractivity contribution >= 4 is 18.3 Å². The van der Waals surface area contributed by atoms with Crippen molar-refractivity contribution in [3.05, 3.63) is 52.8 Å². The van der Waals surface area contributed by atoms with Crippen LogP contribution in [0.25, 0.3) is 16.9 Å². The van der Waals surface area contributed by atoms with Crippen LogP contribution in [0.3, 0.4) is 0 Å². The number of carbonyl (C=O) groups excluding carboxylic acids is 1. The third-order valence-electron chi connectivity index (χ3n) is 6.56. The van der Waals surface area contributed by atoms with Gasteiger partial charge in [-0.1, -0.05) is 32.6 Å². The number of fused-ring (bicyclic) bond motifs is 2. The van der Waals surface area contributed by atoms with E-state index in [0.29, 0.717) is 0 Å². The van der Waals surface area contributed by atoms with Gasteiger partial charge in [-0.15, -0.1) is 0 Å². The van der Waals surface area contributed by atoms with Gasteiger partial charge in [-0.3, -0.25) is 4.79 Å². The van der Waals surface area contributed by atoms with E-state index in [1.165, 1.54) is 0 Å². The number of rotatable bonds is 2. The molecule has 1 amide bonds. The Kier molecular flexibility index (Phi) is 6.32. The number of amides is 1. The van der Waals surface area contributed by atoms with Crippen LogP contribution in [-0.4, -0.2) is 44.7 Å². The third kappa shape index (κ3) is 4.02. The van der Waals surface area contributed by atoms with E-state index in [1.54, 1.807) is 0 Å². The van der Waals surface area contributed by atoms with E-state index in [4.69, 9.17) is 10.4 Å². The van der Waals surface area contributed by atoms with Crippen molar-refractivity contribution in [3.8, 4) is 17.2 Å². The van der Waals surface area contributed by atoms with E-state index in [2.05, 4.69) is 23.1 Å². The molecule has 3 aromatic rings. The smallest absolute Gasteiger partial charge is 0.268 e. The Morgan fingerprint density at radius 2 is 1.91 bits per heavy atom. The molecule has 5 rings (SSSR count). The van der Waals surface area contributed by atoms with Crippen LogP contribution in [0.5, 0.6) is 0 Å². The van der Waals surface area contributed by atoms with Gasteiger partial charge in [-0.05, 0) is 62.4 Å². The molecule has 2 aliphatic rings.